The van der Waals surface area contributed by atoms with E-state index in [0.717, 1.165) is 5.69 Å². The number of likely N-dealkylation sites (N-methyl/N-ethyl adjacent to an activating group) is 1. The molecule has 0 spiro atoms. The second-order valence-electron chi connectivity index (χ2n) is 3.63. The van der Waals surface area contributed by atoms with E-state index < -0.39 is 12.0 Å². The molecule has 0 radical (unpaired) electrons. The molecule has 0 saturated heterocycles. The predicted molar refractivity (Wildman–Crippen MR) is 68.5 cm³/mol. The number of ether oxygens (including phenoxy) is 2. The van der Waals surface area contributed by atoms with Crippen LogP contribution >= 0.6 is 0 Å². The summed E-state index contributed by atoms with van der Waals surface area (Å²) in [5.74, 6) is 0.382. The van der Waals surface area contributed by atoms with Crippen LogP contribution < -0.4 is 20.1 Å². The van der Waals surface area contributed by atoms with Crippen molar-refractivity contribution in [2.24, 2.45) is 0 Å². The first kappa shape index (κ1) is 14.1. The van der Waals surface area contributed by atoms with Gasteiger partial charge in [0.05, 0.1) is 19.9 Å². The van der Waals surface area contributed by atoms with Gasteiger partial charge in [-0.3, -0.25) is 4.79 Å². The number of anilines is 1. The molecule has 3 N–H and O–H groups in total. The Balaban J connectivity index is 2.75. The Bertz CT molecular complexity index is 409. The van der Waals surface area contributed by atoms with Crippen LogP contribution in [-0.4, -0.2) is 44.9 Å². The molecule has 1 aromatic rings. The first-order valence-electron chi connectivity index (χ1n) is 5.48. The maximum Gasteiger partial charge on any atom is 0.322 e. The summed E-state index contributed by atoms with van der Waals surface area (Å²) in [6, 6.07) is 4.64. The molecule has 100 valence electrons. The molecule has 0 aliphatic heterocycles. The van der Waals surface area contributed by atoms with E-state index in [-0.39, 0.29) is 6.54 Å². The third-order valence-corrected chi connectivity index (χ3v) is 2.55. The Morgan fingerprint density at radius 1 is 1.39 bits per heavy atom. The van der Waals surface area contributed by atoms with Crippen molar-refractivity contribution in [2.75, 3.05) is 33.1 Å². The summed E-state index contributed by atoms with van der Waals surface area (Å²) < 4.78 is 10.3. The zero-order chi connectivity index (χ0) is 13.5. The molecule has 0 aliphatic rings. The molecule has 0 saturated carbocycles. The molecule has 1 aromatic carbocycles. The van der Waals surface area contributed by atoms with Gasteiger partial charge in [0.2, 0.25) is 0 Å². The fourth-order valence-corrected chi connectivity index (χ4v) is 1.47. The summed E-state index contributed by atoms with van der Waals surface area (Å²) in [4.78, 5) is 10.9. The van der Waals surface area contributed by atoms with Crippen LogP contribution in [0.15, 0.2) is 18.2 Å². The molecule has 0 heterocycles. The van der Waals surface area contributed by atoms with Crippen molar-refractivity contribution in [3.05, 3.63) is 18.2 Å². The van der Waals surface area contributed by atoms with Crippen LogP contribution in [0.5, 0.6) is 11.5 Å². The monoisotopic (exact) mass is 254 g/mol. The second-order valence-corrected chi connectivity index (χ2v) is 3.63. The van der Waals surface area contributed by atoms with Gasteiger partial charge in [-0.05, 0) is 19.2 Å². The molecule has 1 atom stereocenters. The van der Waals surface area contributed by atoms with Crippen LogP contribution in [0.1, 0.15) is 0 Å². The average molecular weight is 254 g/mol. The summed E-state index contributed by atoms with van der Waals surface area (Å²) in [5.41, 5.74) is 0.722. The van der Waals surface area contributed by atoms with Crippen molar-refractivity contribution in [3.8, 4) is 11.5 Å². The average Bonchev–Trinajstić information content (AvgIpc) is 2.39. The lowest BCUT2D eigenvalue weighted by atomic mass is 10.2. The summed E-state index contributed by atoms with van der Waals surface area (Å²) in [5, 5.41) is 14.6. The van der Waals surface area contributed by atoms with Crippen LogP contribution in [0, 0.1) is 0 Å². The fourth-order valence-electron chi connectivity index (χ4n) is 1.47. The van der Waals surface area contributed by atoms with E-state index in [1.165, 1.54) is 0 Å². The van der Waals surface area contributed by atoms with Crippen molar-refractivity contribution in [2.45, 2.75) is 6.04 Å². The number of carbonyl (C=O) groups is 1. The number of hydrogen-bond acceptors (Lipinski definition) is 5. The van der Waals surface area contributed by atoms with Crippen molar-refractivity contribution in [1.82, 2.24) is 5.32 Å². The van der Waals surface area contributed by atoms with Gasteiger partial charge in [-0.15, -0.1) is 0 Å². The third kappa shape index (κ3) is 3.53. The minimum Gasteiger partial charge on any atom is -0.497 e. The minimum atomic E-state index is -0.905. The number of aliphatic carboxylic acids is 1. The van der Waals surface area contributed by atoms with Gasteiger partial charge < -0.3 is 25.2 Å². The van der Waals surface area contributed by atoms with Gasteiger partial charge in [-0.2, -0.15) is 0 Å². The standard InChI is InChI=1S/C12H18N2O4/c1-13-10(12(15)16)7-14-9-5-4-8(17-2)6-11(9)18-3/h4-6,10,13-14H,7H2,1-3H3,(H,15,16). The Kier molecular flexibility index (Phi) is 5.26. The SMILES string of the molecule is CNC(CNc1ccc(OC)cc1OC)C(=O)O. The van der Waals surface area contributed by atoms with E-state index in [0.29, 0.717) is 11.5 Å². The molecule has 0 amide bonds. The van der Waals surface area contributed by atoms with Crippen LogP contribution in [0.3, 0.4) is 0 Å². The van der Waals surface area contributed by atoms with E-state index in [4.69, 9.17) is 14.6 Å². The van der Waals surface area contributed by atoms with Crippen LogP contribution in [-0.2, 0) is 4.79 Å². The van der Waals surface area contributed by atoms with E-state index in [1.54, 1.807) is 39.5 Å². The molecule has 1 unspecified atom stereocenters. The summed E-state index contributed by atoms with van der Waals surface area (Å²) in [6.07, 6.45) is 0. The molecule has 6 nitrogen and oxygen atoms in total. The van der Waals surface area contributed by atoms with Crippen molar-refractivity contribution in [3.63, 3.8) is 0 Å². The molecule has 1 rings (SSSR count). The van der Waals surface area contributed by atoms with Gasteiger partial charge in [0, 0.05) is 12.6 Å². The van der Waals surface area contributed by atoms with Crippen LogP contribution in [0.4, 0.5) is 5.69 Å². The zero-order valence-corrected chi connectivity index (χ0v) is 10.7. The lowest BCUT2D eigenvalue weighted by Gasteiger charge is -2.16. The fraction of sp³-hybridized carbons (Fsp3) is 0.417. The molecule has 0 aromatic heterocycles. The highest BCUT2D eigenvalue weighted by molar-refractivity contribution is 5.74. The number of methoxy groups -OCH3 is 2. The van der Waals surface area contributed by atoms with E-state index >= 15 is 0 Å². The Labute approximate surface area is 106 Å². The molecule has 0 bridgehead atoms. The Morgan fingerprint density at radius 3 is 2.61 bits per heavy atom. The smallest absolute Gasteiger partial charge is 0.322 e. The van der Waals surface area contributed by atoms with Crippen molar-refractivity contribution in [1.29, 1.82) is 0 Å². The first-order valence-corrected chi connectivity index (χ1v) is 5.48. The van der Waals surface area contributed by atoms with Crippen molar-refractivity contribution >= 4 is 11.7 Å². The van der Waals surface area contributed by atoms with E-state index in [2.05, 4.69) is 10.6 Å². The number of hydrogen-bond donors (Lipinski definition) is 3. The molecule has 6 heteroatoms. The quantitative estimate of drug-likeness (QED) is 0.667. The summed E-state index contributed by atoms with van der Waals surface area (Å²) in [6.45, 7) is 0.258. The second kappa shape index (κ2) is 6.70. The Morgan fingerprint density at radius 2 is 2.11 bits per heavy atom. The number of carboxylic acids is 1. The third-order valence-electron chi connectivity index (χ3n) is 2.55. The number of rotatable bonds is 7. The zero-order valence-electron chi connectivity index (χ0n) is 10.7. The predicted octanol–water partition coefficient (Wildman–Crippen LogP) is 0.788. The number of nitrogens with one attached hydrogen (secondary N) is 2. The van der Waals surface area contributed by atoms with Crippen LogP contribution in [0.25, 0.3) is 0 Å². The van der Waals surface area contributed by atoms with E-state index in [1.807, 2.05) is 0 Å². The maximum absolute atomic E-state index is 10.9. The molecular weight excluding hydrogens is 236 g/mol. The highest BCUT2D eigenvalue weighted by Gasteiger charge is 2.15. The van der Waals surface area contributed by atoms with Gasteiger partial charge >= 0.3 is 5.97 Å². The largest absolute Gasteiger partial charge is 0.497 e. The molecular formula is C12H18N2O4. The van der Waals surface area contributed by atoms with Crippen LogP contribution in [0.2, 0.25) is 0 Å². The first-order chi connectivity index (χ1) is 8.62. The van der Waals surface area contributed by atoms with E-state index in [9.17, 15) is 4.79 Å². The minimum absolute atomic E-state index is 0.258. The van der Waals surface area contributed by atoms with Gasteiger partial charge in [0.25, 0.3) is 0 Å². The van der Waals surface area contributed by atoms with Gasteiger partial charge in [-0.1, -0.05) is 0 Å². The lowest BCUT2D eigenvalue weighted by molar-refractivity contribution is -0.138. The van der Waals surface area contributed by atoms with Crippen molar-refractivity contribution < 1.29 is 19.4 Å². The summed E-state index contributed by atoms with van der Waals surface area (Å²) >= 11 is 0. The highest BCUT2D eigenvalue weighted by atomic mass is 16.5. The Hall–Kier alpha value is -1.95. The molecule has 18 heavy (non-hydrogen) atoms. The van der Waals surface area contributed by atoms with Gasteiger partial charge in [0.15, 0.2) is 0 Å². The topological polar surface area (TPSA) is 79.8 Å². The molecule has 0 aliphatic carbocycles. The maximum atomic E-state index is 10.9. The highest BCUT2D eigenvalue weighted by Crippen LogP contribution is 2.28. The number of carboxylic acid groups (broad SMARTS) is 1. The normalized spacial score (nSPS) is 11.7. The summed E-state index contributed by atoms with van der Waals surface area (Å²) in [7, 11) is 4.72. The van der Waals surface area contributed by atoms with Gasteiger partial charge in [-0.25, -0.2) is 0 Å². The lowest BCUT2D eigenvalue weighted by Crippen LogP contribution is -2.39. The number of benzene rings is 1. The molecule has 0 fully saturated rings. The van der Waals surface area contributed by atoms with Gasteiger partial charge in [0.1, 0.15) is 17.5 Å².